The number of fused-ring (bicyclic) bond motifs is 12. The van der Waals surface area contributed by atoms with E-state index < -0.39 is 0 Å². The van der Waals surface area contributed by atoms with E-state index in [1.165, 1.54) is 129 Å². The van der Waals surface area contributed by atoms with Crippen LogP contribution in [0.4, 0.5) is 0 Å². The fourth-order valence-electron chi connectivity index (χ4n) is 11.6. The largest absolute Gasteiger partial charge is 0.344 e. The Hall–Kier alpha value is -7.04. The monoisotopic (exact) mass is 772 g/mol. The summed E-state index contributed by atoms with van der Waals surface area (Å²) >= 11 is 0. The van der Waals surface area contributed by atoms with Gasteiger partial charge in [-0.1, -0.05) is 104 Å². The highest BCUT2D eigenvalue weighted by Crippen LogP contribution is 2.48. The van der Waals surface area contributed by atoms with Gasteiger partial charge in [-0.15, -0.1) is 0 Å². The van der Waals surface area contributed by atoms with Crippen LogP contribution in [0.15, 0.2) is 170 Å². The maximum absolute atomic E-state index is 2.56. The summed E-state index contributed by atoms with van der Waals surface area (Å²) in [5.41, 5.74) is 15.3. The SMILES string of the molecule is Cn1c2ccccc2c2cc(-n3c4ccccc4c4cc(C5(c6ccc7c(c6)c6ccccc6n7-c6ccc7c(c6)c6ccccc6n7C)CCCCC5)ccc43)ccc21. The molecule has 1 fully saturated rings. The van der Waals surface area contributed by atoms with Crippen LogP contribution in [0.5, 0.6) is 0 Å². The van der Waals surface area contributed by atoms with E-state index in [1.54, 1.807) is 0 Å². The van der Waals surface area contributed by atoms with Crippen molar-refractivity contribution in [3.8, 4) is 11.4 Å². The topological polar surface area (TPSA) is 19.7 Å². The van der Waals surface area contributed by atoms with Crippen molar-refractivity contribution in [2.45, 2.75) is 37.5 Å². The molecule has 0 spiro atoms. The number of rotatable bonds is 4. The molecule has 0 radical (unpaired) electrons. The van der Waals surface area contributed by atoms with Crippen LogP contribution in [0.1, 0.15) is 43.2 Å². The molecule has 0 aliphatic heterocycles. The number of para-hydroxylation sites is 4. The third-order valence-electron chi connectivity index (χ3n) is 14.5. The molecule has 4 heterocycles. The summed E-state index contributed by atoms with van der Waals surface area (Å²) in [5, 5.41) is 10.4. The van der Waals surface area contributed by atoms with Crippen LogP contribution in [0.3, 0.4) is 0 Å². The molecule has 0 bridgehead atoms. The van der Waals surface area contributed by atoms with Crippen molar-refractivity contribution in [1.82, 2.24) is 18.3 Å². The Balaban J connectivity index is 0.991. The molecule has 1 aliphatic rings. The number of aromatic nitrogens is 4. The normalized spacial score (nSPS) is 14.6. The minimum absolute atomic E-state index is 0.0727. The molecule has 60 heavy (non-hydrogen) atoms. The summed E-state index contributed by atoms with van der Waals surface area (Å²) in [5.74, 6) is 0. The molecule has 1 saturated carbocycles. The lowest BCUT2D eigenvalue weighted by atomic mass is 9.65. The van der Waals surface area contributed by atoms with E-state index in [0.29, 0.717) is 0 Å². The zero-order valence-electron chi connectivity index (χ0n) is 34.0. The lowest BCUT2D eigenvalue weighted by Crippen LogP contribution is -2.30. The molecule has 0 amide bonds. The Labute approximate surface area is 348 Å². The standard InChI is InChI=1S/C56H44N4/c1-57-48-18-8-4-14-40(48)46-34-38(24-28-50(46)57)59-52-20-10-6-16-42(52)44-32-36(22-26-54(44)59)56(30-12-3-13-31-56)37-23-27-55-45(33-37)43-17-7-11-21-53(43)60(55)39-25-29-51-47(35-39)41-15-5-9-19-49(41)58(51)2/h4-11,14-29,32-35H,3,12-13,30-31H2,1-2H3. The molecule has 8 aromatic carbocycles. The van der Waals surface area contributed by atoms with Crippen molar-refractivity contribution in [2.75, 3.05) is 0 Å². The van der Waals surface area contributed by atoms with E-state index in [-0.39, 0.29) is 5.41 Å². The van der Waals surface area contributed by atoms with Crippen molar-refractivity contribution in [1.29, 1.82) is 0 Å². The van der Waals surface area contributed by atoms with Crippen LogP contribution in [0, 0.1) is 0 Å². The highest BCUT2D eigenvalue weighted by atomic mass is 15.0. The van der Waals surface area contributed by atoms with Gasteiger partial charge in [0.25, 0.3) is 0 Å². The molecule has 0 saturated heterocycles. The number of hydrogen-bond donors (Lipinski definition) is 0. The fraction of sp³-hybridized carbons (Fsp3) is 0.143. The van der Waals surface area contributed by atoms with Gasteiger partial charge in [-0.05, 0) is 109 Å². The van der Waals surface area contributed by atoms with E-state index in [4.69, 9.17) is 0 Å². The summed E-state index contributed by atoms with van der Waals surface area (Å²) in [6, 6.07) is 64.4. The molecule has 288 valence electrons. The van der Waals surface area contributed by atoms with E-state index in [1.807, 2.05) is 0 Å². The quantitative estimate of drug-likeness (QED) is 0.170. The summed E-state index contributed by atoms with van der Waals surface area (Å²) in [4.78, 5) is 0. The molecule has 4 aromatic heterocycles. The van der Waals surface area contributed by atoms with Crippen molar-refractivity contribution < 1.29 is 0 Å². The molecule has 1 aliphatic carbocycles. The minimum atomic E-state index is -0.0727. The summed E-state index contributed by atoms with van der Waals surface area (Å²) in [6.07, 6.45) is 6.05. The van der Waals surface area contributed by atoms with Gasteiger partial charge in [-0.2, -0.15) is 0 Å². The van der Waals surface area contributed by atoms with E-state index in [0.717, 1.165) is 12.8 Å². The van der Waals surface area contributed by atoms with Gasteiger partial charge in [0.15, 0.2) is 0 Å². The predicted octanol–water partition coefficient (Wildman–Crippen LogP) is 14.4. The van der Waals surface area contributed by atoms with Gasteiger partial charge in [0.2, 0.25) is 0 Å². The first-order valence-electron chi connectivity index (χ1n) is 21.6. The van der Waals surface area contributed by atoms with Crippen LogP contribution in [0.25, 0.3) is 98.6 Å². The maximum Gasteiger partial charge on any atom is 0.0541 e. The molecular weight excluding hydrogens is 729 g/mol. The Morgan fingerprint density at radius 2 is 0.650 bits per heavy atom. The number of hydrogen-bond acceptors (Lipinski definition) is 0. The zero-order valence-corrected chi connectivity index (χ0v) is 34.0. The highest BCUT2D eigenvalue weighted by molar-refractivity contribution is 6.13. The third kappa shape index (κ3) is 4.56. The summed E-state index contributed by atoms with van der Waals surface area (Å²) in [6.45, 7) is 0. The number of nitrogens with zero attached hydrogens (tertiary/aromatic N) is 4. The van der Waals surface area contributed by atoms with Gasteiger partial charge in [-0.3, -0.25) is 0 Å². The smallest absolute Gasteiger partial charge is 0.0541 e. The Morgan fingerprint density at radius 1 is 0.317 bits per heavy atom. The van der Waals surface area contributed by atoms with Gasteiger partial charge < -0.3 is 18.3 Å². The first-order chi connectivity index (χ1) is 29.6. The van der Waals surface area contributed by atoms with Crippen LogP contribution >= 0.6 is 0 Å². The molecule has 4 heteroatoms. The molecule has 4 nitrogen and oxygen atoms in total. The second-order valence-corrected chi connectivity index (χ2v) is 17.4. The van der Waals surface area contributed by atoms with Crippen molar-refractivity contribution in [2.24, 2.45) is 14.1 Å². The van der Waals surface area contributed by atoms with Gasteiger partial charge >= 0.3 is 0 Å². The van der Waals surface area contributed by atoms with Crippen molar-refractivity contribution >= 4 is 87.2 Å². The molecule has 0 unspecified atom stereocenters. The first kappa shape index (κ1) is 33.9. The summed E-state index contributed by atoms with van der Waals surface area (Å²) in [7, 11) is 4.35. The van der Waals surface area contributed by atoms with Crippen LogP contribution in [0.2, 0.25) is 0 Å². The minimum Gasteiger partial charge on any atom is -0.344 e. The molecule has 0 N–H and O–H groups in total. The highest BCUT2D eigenvalue weighted by Gasteiger charge is 2.37. The molecule has 0 atom stereocenters. The number of benzene rings is 8. The average Bonchev–Trinajstić information content (AvgIpc) is 4.01. The van der Waals surface area contributed by atoms with Crippen LogP contribution in [-0.4, -0.2) is 18.3 Å². The van der Waals surface area contributed by atoms with Gasteiger partial charge in [0, 0.05) is 96.0 Å². The van der Waals surface area contributed by atoms with E-state index >= 15 is 0 Å². The fourth-order valence-corrected chi connectivity index (χ4v) is 11.6. The van der Waals surface area contributed by atoms with Gasteiger partial charge in [0.1, 0.15) is 0 Å². The second-order valence-electron chi connectivity index (χ2n) is 17.4. The number of aryl methyl sites for hydroxylation is 2. The maximum atomic E-state index is 2.56. The molecule has 12 aromatic rings. The Kier molecular flexibility index (Phi) is 7.05. The Bertz CT molecular complexity index is 3490. The Morgan fingerprint density at radius 3 is 1.10 bits per heavy atom. The second kappa shape index (κ2) is 12.5. The molecular formula is C56H44N4. The lowest BCUT2D eigenvalue weighted by molar-refractivity contribution is 0.346. The van der Waals surface area contributed by atoms with Crippen LogP contribution in [-0.2, 0) is 19.5 Å². The predicted molar refractivity (Wildman–Crippen MR) is 253 cm³/mol. The lowest BCUT2D eigenvalue weighted by Gasteiger charge is -2.39. The zero-order chi connectivity index (χ0) is 39.7. The first-order valence-corrected chi connectivity index (χ1v) is 21.6. The van der Waals surface area contributed by atoms with E-state index in [2.05, 4.69) is 202 Å². The average molecular weight is 773 g/mol. The van der Waals surface area contributed by atoms with Crippen LogP contribution < -0.4 is 0 Å². The molecule has 13 rings (SSSR count). The third-order valence-corrected chi connectivity index (χ3v) is 14.5. The summed E-state index contributed by atoms with van der Waals surface area (Å²) < 4.78 is 9.60. The van der Waals surface area contributed by atoms with Crippen molar-refractivity contribution in [3.05, 3.63) is 181 Å². The van der Waals surface area contributed by atoms with Crippen molar-refractivity contribution in [3.63, 3.8) is 0 Å². The van der Waals surface area contributed by atoms with E-state index in [9.17, 15) is 0 Å². The van der Waals surface area contributed by atoms with Gasteiger partial charge in [0.05, 0.1) is 22.1 Å². The van der Waals surface area contributed by atoms with Gasteiger partial charge in [-0.25, -0.2) is 0 Å².